The van der Waals surface area contributed by atoms with E-state index in [-0.39, 0.29) is 5.92 Å². The minimum absolute atomic E-state index is 0.121. The van der Waals surface area contributed by atoms with Crippen molar-refractivity contribution in [3.63, 3.8) is 0 Å². The van der Waals surface area contributed by atoms with Crippen molar-refractivity contribution in [2.75, 3.05) is 0 Å². The van der Waals surface area contributed by atoms with Crippen LogP contribution in [0.4, 0.5) is 0 Å². The zero-order valence-corrected chi connectivity index (χ0v) is 26.6. The van der Waals surface area contributed by atoms with Crippen LogP contribution in [0.5, 0.6) is 0 Å². The van der Waals surface area contributed by atoms with E-state index in [4.69, 9.17) is 4.42 Å². The van der Waals surface area contributed by atoms with Gasteiger partial charge in [-0.2, -0.15) is 0 Å². The molecule has 0 N–H and O–H groups in total. The van der Waals surface area contributed by atoms with Crippen LogP contribution in [0, 0.1) is 20.8 Å². The molecule has 3 aliphatic rings. The van der Waals surface area contributed by atoms with Crippen molar-refractivity contribution in [3.05, 3.63) is 141 Å². The first-order valence-electron chi connectivity index (χ1n) is 15.7. The molecule has 2 heteroatoms. The molecular formula is C41H37OSi. The summed E-state index contributed by atoms with van der Waals surface area (Å²) in [5.41, 5.74) is 18.2. The van der Waals surface area contributed by atoms with Crippen LogP contribution in [0.2, 0.25) is 12.1 Å². The molecule has 0 spiro atoms. The highest BCUT2D eigenvalue weighted by Crippen LogP contribution is 2.57. The number of furan rings is 1. The smallest absolute Gasteiger partial charge is 0.131 e. The Morgan fingerprint density at radius 3 is 2.05 bits per heavy atom. The average Bonchev–Trinajstić information content (AvgIpc) is 3.67. The van der Waals surface area contributed by atoms with Gasteiger partial charge in [0.1, 0.15) is 11.5 Å². The molecule has 1 aliphatic heterocycles. The average molecular weight is 574 g/mol. The van der Waals surface area contributed by atoms with Gasteiger partial charge in [0.25, 0.3) is 0 Å². The van der Waals surface area contributed by atoms with Crippen LogP contribution in [0.15, 0.2) is 101 Å². The van der Waals surface area contributed by atoms with E-state index >= 15 is 0 Å². The van der Waals surface area contributed by atoms with Crippen molar-refractivity contribution in [2.45, 2.75) is 58.5 Å². The summed E-state index contributed by atoms with van der Waals surface area (Å²) in [7, 11) is -0.443. The summed E-state index contributed by atoms with van der Waals surface area (Å²) in [6, 6.07) is 36.6. The minimum atomic E-state index is -0.443. The lowest BCUT2D eigenvalue weighted by Gasteiger charge is -2.29. The molecule has 8 rings (SSSR count). The van der Waals surface area contributed by atoms with E-state index in [1.165, 1.54) is 90.9 Å². The molecule has 1 atom stereocenters. The third-order valence-corrected chi connectivity index (χ3v) is 13.2. The Labute approximate surface area is 257 Å². The fraction of sp³-hybridized carbons (Fsp3) is 0.220. The largest absolute Gasteiger partial charge is 0.462 e. The number of allylic oxidation sites excluding steroid dienone is 3. The fourth-order valence-corrected chi connectivity index (χ4v) is 10.2. The normalized spacial score (nSPS) is 17.6. The molecule has 4 aromatic carbocycles. The first kappa shape index (κ1) is 26.5. The highest BCUT2D eigenvalue weighted by atomic mass is 28.3. The van der Waals surface area contributed by atoms with Crippen LogP contribution in [-0.2, 0) is 6.42 Å². The molecule has 0 saturated carbocycles. The van der Waals surface area contributed by atoms with Gasteiger partial charge in [-0.3, -0.25) is 0 Å². The van der Waals surface area contributed by atoms with Crippen LogP contribution in [0.25, 0.3) is 39.5 Å². The van der Waals surface area contributed by atoms with Gasteiger partial charge in [-0.25, -0.2) is 0 Å². The monoisotopic (exact) mass is 573 g/mol. The van der Waals surface area contributed by atoms with Crippen molar-refractivity contribution in [2.24, 2.45) is 0 Å². The van der Waals surface area contributed by atoms with Crippen LogP contribution in [0.1, 0.15) is 64.2 Å². The maximum Gasteiger partial charge on any atom is 0.131 e. The van der Waals surface area contributed by atoms with E-state index in [9.17, 15) is 0 Å². The van der Waals surface area contributed by atoms with Crippen molar-refractivity contribution in [3.8, 4) is 22.3 Å². The number of rotatable bonds is 5. The van der Waals surface area contributed by atoms with Crippen LogP contribution in [-0.4, -0.2) is 8.80 Å². The Morgan fingerprint density at radius 1 is 0.721 bits per heavy atom. The third-order valence-electron chi connectivity index (χ3n) is 10.0. The van der Waals surface area contributed by atoms with Gasteiger partial charge in [0.2, 0.25) is 0 Å². The van der Waals surface area contributed by atoms with Gasteiger partial charge in [-0.15, -0.1) is 0 Å². The van der Waals surface area contributed by atoms with E-state index in [2.05, 4.69) is 125 Å². The molecule has 1 radical (unpaired) electrons. The molecule has 211 valence electrons. The predicted molar refractivity (Wildman–Crippen MR) is 183 cm³/mol. The van der Waals surface area contributed by atoms with Crippen molar-refractivity contribution in [1.82, 2.24) is 0 Å². The van der Waals surface area contributed by atoms with Crippen molar-refractivity contribution >= 4 is 31.2 Å². The first-order chi connectivity index (χ1) is 21.0. The zero-order valence-electron chi connectivity index (χ0n) is 25.6. The van der Waals surface area contributed by atoms with Crippen molar-refractivity contribution < 1.29 is 4.42 Å². The summed E-state index contributed by atoms with van der Waals surface area (Å²) >= 11 is 0. The van der Waals surface area contributed by atoms with E-state index in [0.717, 1.165) is 17.9 Å². The van der Waals surface area contributed by atoms with E-state index in [1.54, 1.807) is 5.19 Å². The summed E-state index contributed by atoms with van der Waals surface area (Å²) in [4.78, 5) is 0. The molecule has 5 aromatic rings. The third kappa shape index (κ3) is 4.18. The van der Waals surface area contributed by atoms with Gasteiger partial charge in [0, 0.05) is 11.5 Å². The molecule has 0 bridgehead atoms. The summed E-state index contributed by atoms with van der Waals surface area (Å²) in [5.74, 6) is 2.06. The topological polar surface area (TPSA) is 13.1 Å². The number of benzene rings is 4. The van der Waals surface area contributed by atoms with Gasteiger partial charge in [0.05, 0.1) is 8.80 Å². The molecule has 1 fully saturated rings. The van der Waals surface area contributed by atoms with E-state index in [0.29, 0.717) is 0 Å². The second-order valence-electron chi connectivity index (χ2n) is 12.7. The molecule has 0 amide bonds. The van der Waals surface area contributed by atoms with Gasteiger partial charge >= 0.3 is 0 Å². The number of fused-ring (bicyclic) bond motifs is 2. The molecule has 2 heterocycles. The lowest BCUT2D eigenvalue weighted by Crippen LogP contribution is -2.38. The van der Waals surface area contributed by atoms with E-state index in [1.807, 2.05) is 0 Å². The van der Waals surface area contributed by atoms with Crippen LogP contribution >= 0.6 is 0 Å². The maximum atomic E-state index is 6.41. The Kier molecular flexibility index (Phi) is 6.31. The Hall–Kier alpha value is -4.14. The maximum absolute atomic E-state index is 6.41. The van der Waals surface area contributed by atoms with Crippen LogP contribution < -0.4 is 5.19 Å². The van der Waals surface area contributed by atoms with Gasteiger partial charge in [0.15, 0.2) is 0 Å². The summed E-state index contributed by atoms with van der Waals surface area (Å²) < 4.78 is 6.41. The molecule has 1 aromatic heterocycles. The Bertz CT molecular complexity index is 1950. The summed E-state index contributed by atoms with van der Waals surface area (Å²) in [5, 5.41) is 1.68. The van der Waals surface area contributed by atoms with Crippen molar-refractivity contribution in [1.29, 1.82) is 0 Å². The predicted octanol–water partition coefficient (Wildman–Crippen LogP) is 10.3. The summed E-state index contributed by atoms with van der Waals surface area (Å²) in [6.45, 7) is 9.09. The molecule has 1 saturated heterocycles. The van der Waals surface area contributed by atoms with E-state index < -0.39 is 8.80 Å². The molecule has 43 heavy (non-hydrogen) atoms. The zero-order chi connectivity index (χ0) is 29.2. The first-order valence-corrected chi connectivity index (χ1v) is 17.7. The summed E-state index contributed by atoms with van der Waals surface area (Å²) in [6.07, 6.45) is 4.86. The molecule has 2 aliphatic carbocycles. The van der Waals surface area contributed by atoms with Gasteiger partial charge in [-0.05, 0) is 114 Å². The lowest BCUT2D eigenvalue weighted by atomic mass is 9.79. The highest BCUT2D eigenvalue weighted by Gasteiger charge is 2.39. The second kappa shape index (κ2) is 10.2. The highest BCUT2D eigenvalue weighted by molar-refractivity contribution is 6.76. The standard InChI is InChI=1S/C41H37OSi/c1-25-16-18-32-33(37(25)29-12-7-5-8-13-29)24-34(35-19-17-27(3)42-35)41(32)38-26(2)22-31-23-36(43-20-11-21-43)28(4)39(40(31)38)30-14-9-6-10-15-30/h5-10,12-19,23-24,41H,11,20-22H2,1-4H3. The number of hydrogen-bond acceptors (Lipinski definition) is 1. The number of hydrogen-bond donors (Lipinski definition) is 0. The Balaban J connectivity index is 1.40. The quantitative estimate of drug-likeness (QED) is 0.191. The molecule has 1 nitrogen and oxygen atoms in total. The van der Waals surface area contributed by atoms with Gasteiger partial charge in [-0.1, -0.05) is 108 Å². The molecular weight excluding hydrogens is 537 g/mol. The minimum Gasteiger partial charge on any atom is -0.462 e. The number of aryl methyl sites for hydroxylation is 2. The second-order valence-corrected chi connectivity index (χ2v) is 15.5. The fourth-order valence-electron chi connectivity index (χ4n) is 7.89. The Morgan fingerprint density at radius 2 is 1.42 bits per heavy atom. The van der Waals surface area contributed by atoms with Gasteiger partial charge < -0.3 is 4.42 Å². The SMILES string of the molecule is CC1=C(C2C(c3ccc(C)o3)=Cc3c2ccc(C)c3-c2ccccc2)c2c(cc([Si]3CCC3)c(C)c2-c2ccccc2)C1. The van der Waals surface area contributed by atoms with Crippen LogP contribution in [0.3, 0.4) is 0 Å². The lowest BCUT2D eigenvalue weighted by molar-refractivity contribution is 0.520. The molecule has 1 unspecified atom stereocenters.